The highest BCUT2D eigenvalue weighted by Crippen LogP contribution is 1.98. The van der Waals surface area contributed by atoms with E-state index in [4.69, 9.17) is 9.84 Å². The summed E-state index contributed by atoms with van der Waals surface area (Å²) in [5, 5.41) is 16.1. The first kappa shape index (κ1) is 10.6. The lowest BCUT2D eigenvalue weighted by Crippen LogP contribution is -2.10. The van der Waals surface area contributed by atoms with Crippen molar-refractivity contribution < 1.29 is 14.6 Å². The summed E-state index contributed by atoms with van der Waals surface area (Å²) in [5.74, 6) is 0.194. The number of esters is 1. The molecule has 78 valence electrons. The Morgan fingerprint density at radius 3 is 3.14 bits per heavy atom. The summed E-state index contributed by atoms with van der Waals surface area (Å²) in [6.45, 7) is 2.40. The third-order valence-corrected chi connectivity index (χ3v) is 1.70. The normalized spacial score (nSPS) is 10.1. The number of rotatable bonds is 5. The average Bonchev–Trinajstić information content (AvgIpc) is 2.62. The van der Waals surface area contributed by atoms with Crippen LogP contribution in [0, 0.1) is 0 Å². The molecule has 6 heteroatoms. The van der Waals surface area contributed by atoms with E-state index in [1.54, 1.807) is 11.5 Å². The fourth-order valence-corrected chi connectivity index (χ4v) is 1.03. The average molecular weight is 199 g/mol. The number of ether oxygens (including phenoxy) is 1. The Kier molecular flexibility index (Phi) is 4.06. The van der Waals surface area contributed by atoms with Gasteiger partial charge in [0.25, 0.3) is 0 Å². The Bertz CT molecular complexity index is 298. The molecule has 6 nitrogen and oxygen atoms in total. The molecule has 0 saturated heterocycles. The second kappa shape index (κ2) is 5.33. The van der Waals surface area contributed by atoms with Crippen LogP contribution in [-0.4, -0.2) is 32.4 Å². The molecule has 1 aromatic rings. The number of carbonyl (C=O) groups excluding carboxylic acids is 1. The fourth-order valence-electron chi connectivity index (χ4n) is 1.03. The maximum Gasteiger partial charge on any atom is 0.307 e. The molecule has 0 bridgehead atoms. The van der Waals surface area contributed by atoms with E-state index < -0.39 is 0 Å². The maximum atomic E-state index is 11.0. The van der Waals surface area contributed by atoms with E-state index in [0.29, 0.717) is 19.0 Å². The van der Waals surface area contributed by atoms with Crippen LogP contribution in [0.15, 0.2) is 6.33 Å². The highest BCUT2D eigenvalue weighted by molar-refractivity contribution is 5.69. The van der Waals surface area contributed by atoms with Crippen molar-refractivity contribution in [2.75, 3.05) is 6.61 Å². The van der Waals surface area contributed by atoms with Crippen LogP contribution >= 0.6 is 0 Å². The van der Waals surface area contributed by atoms with E-state index in [0.717, 1.165) is 0 Å². The van der Waals surface area contributed by atoms with Gasteiger partial charge >= 0.3 is 5.97 Å². The third-order valence-electron chi connectivity index (χ3n) is 1.70. The van der Waals surface area contributed by atoms with Gasteiger partial charge in [-0.05, 0) is 6.92 Å². The van der Waals surface area contributed by atoms with Gasteiger partial charge in [0.2, 0.25) is 0 Å². The fraction of sp³-hybridized carbons (Fsp3) is 0.625. The van der Waals surface area contributed by atoms with Gasteiger partial charge in [0.15, 0.2) is 5.82 Å². The van der Waals surface area contributed by atoms with Crippen molar-refractivity contribution >= 4 is 5.97 Å². The number of aryl methyl sites for hydroxylation is 1. The Morgan fingerprint density at radius 1 is 1.71 bits per heavy atom. The second-order valence-electron chi connectivity index (χ2n) is 2.65. The molecule has 0 saturated carbocycles. The number of carbonyl (C=O) groups is 1. The van der Waals surface area contributed by atoms with Crippen molar-refractivity contribution in [3.05, 3.63) is 12.2 Å². The van der Waals surface area contributed by atoms with Crippen LogP contribution in [0.25, 0.3) is 0 Å². The monoisotopic (exact) mass is 199 g/mol. The molecule has 0 atom stereocenters. The summed E-state index contributed by atoms with van der Waals surface area (Å²) in [6, 6.07) is 0. The minimum Gasteiger partial charge on any atom is -0.466 e. The molecule has 14 heavy (non-hydrogen) atoms. The highest BCUT2D eigenvalue weighted by Gasteiger charge is 2.05. The second-order valence-corrected chi connectivity index (χ2v) is 2.65. The maximum absolute atomic E-state index is 11.0. The summed E-state index contributed by atoms with van der Waals surface area (Å²) in [4.78, 5) is 11.0. The van der Waals surface area contributed by atoms with E-state index in [2.05, 4.69) is 10.2 Å². The minimum absolute atomic E-state index is 0.178. The van der Waals surface area contributed by atoms with Gasteiger partial charge in [0, 0.05) is 6.54 Å². The number of aliphatic hydroxyl groups excluding tert-OH is 1. The first-order valence-electron chi connectivity index (χ1n) is 4.41. The van der Waals surface area contributed by atoms with Crippen molar-refractivity contribution in [1.82, 2.24) is 14.8 Å². The Morgan fingerprint density at radius 2 is 2.50 bits per heavy atom. The van der Waals surface area contributed by atoms with Crippen LogP contribution in [0.4, 0.5) is 0 Å². The summed E-state index contributed by atoms with van der Waals surface area (Å²) < 4.78 is 6.38. The lowest BCUT2D eigenvalue weighted by atomic mass is 10.4. The van der Waals surface area contributed by atoms with Gasteiger partial charge < -0.3 is 14.4 Å². The van der Waals surface area contributed by atoms with Gasteiger partial charge in [-0.1, -0.05) is 0 Å². The molecule has 0 aliphatic heterocycles. The van der Waals surface area contributed by atoms with Gasteiger partial charge in [-0.2, -0.15) is 0 Å². The molecule has 0 fully saturated rings. The number of hydrogen-bond acceptors (Lipinski definition) is 5. The molecule has 0 radical (unpaired) electrons. The van der Waals surface area contributed by atoms with Gasteiger partial charge in [-0.3, -0.25) is 4.79 Å². The van der Waals surface area contributed by atoms with Gasteiger partial charge in [0.1, 0.15) is 12.9 Å². The van der Waals surface area contributed by atoms with Gasteiger partial charge in [-0.15, -0.1) is 10.2 Å². The molecule has 0 unspecified atom stereocenters. The van der Waals surface area contributed by atoms with Crippen LogP contribution in [0.2, 0.25) is 0 Å². The largest absolute Gasteiger partial charge is 0.466 e. The lowest BCUT2D eigenvalue weighted by Gasteiger charge is -2.04. The predicted molar refractivity (Wildman–Crippen MR) is 47.2 cm³/mol. The van der Waals surface area contributed by atoms with Crippen molar-refractivity contribution in [3.63, 3.8) is 0 Å². The molecular formula is C8H13N3O3. The summed E-state index contributed by atoms with van der Waals surface area (Å²) in [5.41, 5.74) is 0. The molecule has 1 aromatic heterocycles. The molecule has 1 rings (SSSR count). The van der Waals surface area contributed by atoms with E-state index in [1.165, 1.54) is 6.33 Å². The van der Waals surface area contributed by atoms with Gasteiger partial charge in [0.05, 0.1) is 13.0 Å². The third kappa shape index (κ3) is 2.81. The zero-order chi connectivity index (χ0) is 10.4. The summed E-state index contributed by atoms with van der Waals surface area (Å²) in [7, 11) is 0. The number of aromatic nitrogens is 3. The summed E-state index contributed by atoms with van der Waals surface area (Å²) >= 11 is 0. The Labute approximate surface area is 81.5 Å². The van der Waals surface area contributed by atoms with Crippen molar-refractivity contribution in [2.45, 2.75) is 26.5 Å². The first-order valence-corrected chi connectivity index (χ1v) is 4.41. The zero-order valence-corrected chi connectivity index (χ0v) is 8.01. The number of nitrogens with zero attached hydrogens (tertiary/aromatic N) is 3. The van der Waals surface area contributed by atoms with Crippen molar-refractivity contribution in [3.8, 4) is 0 Å². The summed E-state index contributed by atoms with van der Waals surface area (Å²) in [6.07, 6.45) is 1.74. The SMILES string of the molecule is CCOC(=O)CCn1cnnc1CO. The van der Waals surface area contributed by atoms with Crippen LogP contribution in [0.3, 0.4) is 0 Å². The number of aliphatic hydroxyl groups is 1. The minimum atomic E-state index is -0.259. The van der Waals surface area contributed by atoms with E-state index in [-0.39, 0.29) is 19.0 Å². The quantitative estimate of drug-likeness (QED) is 0.660. The number of hydrogen-bond donors (Lipinski definition) is 1. The van der Waals surface area contributed by atoms with Gasteiger partial charge in [-0.25, -0.2) is 0 Å². The highest BCUT2D eigenvalue weighted by atomic mass is 16.5. The van der Waals surface area contributed by atoms with Crippen LogP contribution in [0.5, 0.6) is 0 Å². The molecule has 0 amide bonds. The topological polar surface area (TPSA) is 77.2 Å². The Balaban J connectivity index is 2.41. The van der Waals surface area contributed by atoms with E-state index in [1.807, 2.05) is 0 Å². The molecule has 0 aliphatic carbocycles. The predicted octanol–water partition coefficient (Wildman–Crippen LogP) is -0.276. The smallest absolute Gasteiger partial charge is 0.307 e. The van der Waals surface area contributed by atoms with Crippen molar-refractivity contribution in [1.29, 1.82) is 0 Å². The van der Waals surface area contributed by atoms with Crippen LogP contribution < -0.4 is 0 Å². The standard InChI is InChI=1S/C8H13N3O3/c1-2-14-8(13)3-4-11-6-9-10-7(11)5-12/h6,12H,2-5H2,1H3. The molecule has 1 N–H and O–H groups in total. The molecular weight excluding hydrogens is 186 g/mol. The Hall–Kier alpha value is -1.43. The van der Waals surface area contributed by atoms with Crippen molar-refractivity contribution in [2.24, 2.45) is 0 Å². The molecule has 1 heterocycles. The van der Waals surface area contributed by atoms with Crippen LogP contribution in [-0.2, 0) is 22.7 Å². The molecule has 0 spiro atoms. The molecule has 0 aromatic carbocycles. The van der Waals surface area contributed by atoms with E-state index >= 15 is 0 Å². The van der Waals surface area contributed by atoms with E-state index in [9.17, 15) is 4.79 Å². The molecule has 0 aliphatic rings. The zero-order valence-electron chi connectivity index (χ0n) is 8.01. The lowest BCUT2D eigenvalue weighted by molar-refractivity contribution is -0.143. The van der Waals surface area contributed by atoms with Crippen LogP contribution in [0.1, 0.15) is 19.2 Å². The first-order chi connectivity index (χ1) is 6.77.